The zero-order chi connectivity index (χ0) is 17.2. The number of nitrogens with one attached hydrogen (secondary N) is 1. The molecule has 136 valence electrons. The van der Waals surface area contributed by atoms with Gasteiger partial charge in [0.15, 0.2) is 11.5 Å². The van der Waals surface area contributed by atoms with Gasteiger partial charge in [-0.05, 0) is 92.0 Å². The van der Waals surface area contributed by atoms with Gasteiger partial charge in [0.05, 0.1) is 14.2 Å². The molecule has 1 aromatic carbocycles. The van der Waals surface area contributed by atoms with Gasteiger partial charge in [0.2, 0.25) is 0 Å². The van der Waals surface area contributed by atoms with Gasteiger partial charge >= 0.3 is 0 Å². The van der Waals surface area contributed by atoms with E-state index in [0.29, 0.717) is 11.5 Å². The first-order chi connectivity index (χ1) is 12.0. The minimum atomic E-state index is 0.0555. The lowest BCUT2D eigenvalue weighted by molar-refractivity contribution is -0.0647. The van der Waals surface area contributed by atoms with E-state index in [1.54, 1.807) is 14.2 Å². The van der Waals surface area contributed by atoms with Crippen LogP contribution in [-0.2, 0) is 6.42 Å². The molecule has 1 aliphatic heterocycles. The van der Waals surface area contributed by atoms with Crippen LogP contribution in [0, 0.1) is 17.3 Å². The van der Waals surface area contributed by atoms with Crippen LogP contribution in [0.5, 0.6) is 11.5 Å². The van der Waals surface area contributed by atoms with Crippen LogP contribution in [0.4, 0.5) is 0 Å². The van der Waals surface area contributed by atoms with E-state index in [0.717, 1.165) is 36.3 Å². The molecule has 1 N–H and O–H groups in total. The molecule has 0 amide bonds. The first-order valence-corrected chi connectivity index (χ1v) is 10.1. The Morgan fingerprint density at radius 1 is 1.04 bits per heavy atom. The summed E-state index contributed by atoms with van der Waals surface area (Å²) in [5.41, 5.74) is 3.16. The quantitative estimate of drug-likeness (QED) is 0.806. The standard InChI is InChI=1S/C21H28ClNO2/c1-24-17-6-15-3-4-23-19(16(15)7-18(17)25-2)20-8-13-5-14(9-20)11-21(22,10-13)12-20/h6-7,13-14,19,23H,3-5,8-12H2,1-2H3/t13-,14+,19-,20?,21?/m1/s1. The molecule has 1 aromatic rings. The van der Waals surface area contributed by atoms with Crippen LogP contribution in [0.25, 0.3) is 0 Å². The predicted octanol–water partition coefficient (Wildman–Crippen LogP) is 4.47. The van der Waals surface area contributed by atoms with Gasteiger partial charge in [-0.2, -0.15) is 0 Å². The highest BCUT2D eigenvalue weighted by molar-refractivity contribution is 6.24. The Morgan fingerprint density at radius 3 is 2.36 bits per heavy atom. The minimum Gasteiger partial charge on any atom is -0.493 e. The number of hydrogen-bond donors (Lipinski definition) is 1. The van der Waals surface area contributed by atoms with Crippen LogP contribution in [0.15, 0.2) is 12.1 Å². The van der Waals surface area contributed by atoms with E-state index in [2.05, 4.69) is 17.4 Å². The molecule has 4 heteroatoms. The Labute approximate surface area is 155 Å². The van der Waals surface area contributed by atoms with Gasteiger partial charge in [-0.1, -0.05) is 0 Å². The molecule has 4 saturated carbocycles. The molecular weight excluding hydrogens is 334 g/mol. The molecule has 4 fully saturated rings. The largest absolute Gasteiger partial charge is 0.493 e. The lowest BCUT2D eigenvalue weighted by Crippen LogP contribution is -2.58. The molecule has 6 rings (SSSR count). The second-order valence-electron chi connectivity index (χ2n) is 9.02. The second-order valence-corrected chi connectivity index (χ2v) is 9.82. The molecule has 5 aliphatic rings. The predicted molar refractivity (Wildman–Crippen MR) is 99.7 cm³/mol. The van der Waals surface area contributed by atoms with Gasteiger partial charge < -0.3 is 14.8 Å². The highest BCUT2D eigenvalue weighted by atomic mass is 35.5. The fraction of sp³-hybridized carbons (Fsp3) is 0.714. The second kappa shape index (κ2) is 5.53. The number of alkyl halides is 1. The highest BCUT2D eigenvalue weighted by Gasteiger charge is 2.60. The summed E-state index contributed by atoms with van der Waals surface area (Å²) in [6.07, 6.45) is 8.77. The molecule has 2 unspecified atom stereocenters. The maximum absolute atomic E-state index is 7.10. The van der Waals surface area contributed by atoms with Crippen molar-refractivity contribution < 1.29 is 9.47 Å². The van der Waals surface area contributed by atoms with Crippen LogP contribution in [0.3, 0.4) is 0 Å². The fourth-order valence-corrected chi connectivity index (χ4v) is 7.69. The molecule has 0 saturated heterocycles. The summed E-state index contributed by atoms with van der Waals surface area (Å²) in [4.78, 5) is 0.0555. The van der Waals surface area contributed by atoms with E-state index in [9.17, 15) is 0 Å². The third-order valence-corrected chi connectivity index (χ3v) is 7.79. The normalized spacial score (nSPS) is 41.5. The van der Waals surface area contributed by atoms with Crippen molar-refractivity contribution in [1.29, 1.82) is 0 Å². The van der Waals surface area contributed by atoms with E-state index in [1.807, 2.05) is 0 Å². The van der Waals surface area contributed by atoms with Gasteiger partial charge in [0.1, 0.15) is 0 Å². The van der Waals surface area contributed by atoms with Crippen molar-refractivity contribution in [2.75, 3.05) is 20.8 Å². The average molecular weight is 362 g/mol. The third-order valence-electron chi connectivity index (χ3n) is 7.35. The van der Waals surface area contributed by atoms with Crippen LogP contribution in [0.2, 0.25) is 0 Å². The molecule has 5 atom stereocenters. The molecule has 4 bridgehead atoms. The number of rotatable bonds is 3. The molecule has 3 nitrogen and oxygen atoms in total. The number of benzene rings is 1. The van der Waals surface area contributed by atoms with Gasteiger partial charge in [-0.25, -0.2) is 0 Å². The van der Waals surface area contributed by atoms with E-state index in [4.69, 9.17) is 21.1 Å². The molecular formula is C21H28ClNO2. The first-order valence-electron chi connectivity index (χ1n) is 9.71. The lowest BCUT2D eigenvalue weighted by atomic mass is 9.46. The minimum absolute atomic E-state index is 0.0555. The first kappa shape index (κ1) is 16.3. The van der Waals surface area contributed by atoms with E-state index in [1.165, 1.54) is 49.7 Å². The highest BCUT2D eigenvalue weighted by Crippen LogP contribution is 2.67. The van der Waals surface area contributed by atoms with Crippen LogP contribution in [0.1, 0.15) is 55.7 Å². The van der Waals surface area contributed by atoms with Gasteiger partial charge in [-0.15, -0.1) is 11.6 Å². The maximum Gasteiger partial charge on any atom is 0.161 e. The topological polar surface area (TPSA) is 30.5 Å². The average Bonchev–Trinajstić information content (AvgIpc) is 2.57. The van der Waals surface area contributed by atoms with Crippen LogP contribution < -0.4 is 14.8 Å². The summed E-state index contributed by atoms with van der Waals surface area (Å²) < 4.78 is 11.1. The molecule has 0 radical (unpaired) electrons. The number of methoxy groups -OCH3 is 2. The number of hydrogen-bond acceptors (Lipinski definition) is 3. The van der Waals surface area contributed by atoms with E-state index < -0.39 is 0 Å². The summed E-state index contributed by atoms with van der Waals surface area (Å²) >= 11 is 7.10. The van der Waals surface area contributed by atoms with Crippen molar-refractivity contribution in [1.82, 2.24) is 5.32 Å². The smallest absolute Gasteiger partial charge is 0.161 e. The molecule has 4 aliphatic carbocycles. The summed E-state index contributed by atoms with van der Waals surface area (Å²) in [5, 5.41) is 3.88. The molecule has 1 heterocycles. The van der Waals surface area contributed by atoms with Crippen molar-refractivity contribution in [3.8, 4) is 11.5 Å². The van der Waals surface area contributed by atoms with Crippen LogP contribution in [-0.4, -0.2) is 25.6 Å². The molecule has 0 aromatic heterocycles. The number of ether oxygens (including phenoxy) is 2. The number of halogens is 1. The monoisotopic (exact) mass is 361 g/mol. The SMILES string of the molecule is COc1cc2c(cc1OC)[C@H](C13C[C@@H]4C[C@@H](CC(Cl)(C4)C1)C3)NCC2. The summed E-state index contributed by atoms with van der Waals surface area (Å²) in [5.74, 6) is 3.35. The van der Waals surface area contributed by atoms with E-state index >= 15 is 0 Å². The van der Waals surface area contributed by atoms with Gasteiger partial charge in [-0.3, -0.25) is 0 Å². The van der Waals surface area contributed by atoms with Crippen molar-refractivity contribution in [3.63, 3.8) is 0 Å². The zero-order valence-corrected chi connectivity index (χ0v) is 16.0. The Balaban J connectivity index is 1.58. The van der Waals surface area contributed by atoms with Crippen molar-refractivity contribution >= 4 is 11.6 Å². The van der Waals surface area contributed by atoms with Gasteiger partial charge in [0.25, 0.3) is 0 Å². The fourth-order valence-electron chi connectivity index (χ4n) is 6.99. The molecule has 0 spiro atoms. The summed E-state index contributed by atoms with van der Waals surface area (Å²) in [7, 11) is 3.45. The number of fused-ring (bicyclic) bond motifs is 1. The summed E-state index contributed by atoms with van der Waals surface area (Å²) in [6, 6.07) is 4.82. The van der Waals surface area contributed by atoms with Crippen LogP contribution >= 0.6 is 11.6 Å². The Bertz CT molecular complexity index is 689. The maximum atomic E-state index is 7.10. The van der Waals surface area contributed by atoms with Gasteiger partial charge in [0, 0.05) is 10.9 Å². The Hall–Kier alpha value is -0.930. The van der Waals surface area contributed by atoms with Crippen molar-refractivity contribution in [2.45, 2.75) is 55.9 Å². The van der Waals surface area contributed by atoms with E-state index in [-0.39, 0.29) is 4.87 Å². The third kappa shape index (κ3) is 2.42. The zero-order valence-electron chi connectivity index (χ0n) is 15.2. The lowest BCUT2D eigenvalue weighted by Gasteiger charge is -2.63. The Kier molecular flexibility index (Phi) is 3.60. The van der Waals surface area contributed by atoms with Crippen molar-refractivity contribution in [2.24, 2.45) is 17.3 Å². The summed E-state index contributed by atoms with van der Waals surface area (Å²) in [6.45, 7) is 1.04. The Morgan fingerprint density at radius 2 is 1.72 bits per heavy atom. The van der Waals surface area contributed by atoms with Crippen molar-refractivity contribution in [3.05, 3.63) is 23.3 Å². The molecule has 25 heavy (non-hydrogen) atoms.